The third kappa shape index (κ3) is 7.29. The molecule has 1 heterocycles. The lowest BCUT2D eigenvalue weighted by Crippen LogP contribution is -2.62. The molecule has 8 heteroatoms. The van der Waals surface area contributed by atoms with Crippen molar-refractivity contribution < 1.29 is 32.5 Å². The number of aliphatic hydroxyl groups is 1. The summed E-state index contributed by atoms with van der Waals surface area (Å²) < 4.78 is 53.3. The van der Waals surface area contributed by atoms with E-state index in [9.17, 15) is 13.5 Å². The van der Waals surface area contributed by atoms with Crippen LogP contribution >= 0.6 is 0 Å². The van der Waals surface area contributed by atoms with Gasteiger partial charge in [-0.25, -0.2) is 8.42 Å². The maximum absolute atomic E-state index is 14.0. The van der Waals surface area contributed by atoms with Crippen molar-refractivity contribution in [1.82, 2.24) is 0 Å². The largest absolute Gasteiger partial charge is 0.394 e. The molecule has 0 unspecified atom stereocenters. The first-order valence-electron chi connectivity index (χ1n) is 13.6. The SMILES string of the molecule is O=S(=O)(c1ccccc1)[C@H]1O[C@H](CO)[C@@H](OCc2ccccc2)[C@H](OCc2ccccc2)[C@@H]1OCc1ccccc1. The first kappa shape index (κ1) is 29.1. The van der Waals surface area contributed by atoms with Crippen molar-refractivity contribution >= 4 is 9.84 Å². The van der Waals surface area contributed by atoms with Crippen LogP contribution in [-0.4, -0.2) is 50.0 Å². The Labute approximate surface area is 241 Å². The molecule has 0 spiro atoms. The molecule has 1 saturated heterocycles. The predicted molar refractivity (Wildman–Crippen MR) is 154 cm³/mol. The van der Waals surface area contributed by atoms with Gasteiger partial charge in [-0.3, -0.25) is 0 Å². The fourth-order valence-electron chi connectivity index (χ4n) is 4.89. The summed E-state index contributed by atoms with van der Waals surface area (Å²) in [4.78, 5) is 0.0977. The zero-order chi connectivity index (χ0) is 28.5. The van der Waals surface area contributed by atoms with Crippen molar-refractivity contribution in [1.29, 1.82) is 0 Å². The molecule has 0 amide bonds. The van der Waals surface area contributed by atoms with Gasteiger partial charge in [0.05, 0.1) is 31.3 Å². The second-order valence-electron chi connectivity index (χ2n) is 9.87. The number of hydrogen-bond donors (Lipinski definition) is 1. The summed E-state index contributed by atoms with van der Waals surface area (Å²) in [5, 5.41) is 10.4. The van der Waals surface area contributed by atoms with Gasteiger partial charge in [0.15, 0.2) is 5.44 Å². The highest BCUT2D eigenvalue weighted by atomic mass is 32.2. The van der Waals surface area contributed by atoms with E-state index in [0.717, 1.165) is 16.7 Å². The zero-order valence-electron chi connectivity index (χ0n) is 22.6. The number of benzene rings is 4. The molecule has 4 aromatic rings. The van der Waals surface area contributed by atoms with Gasteiger partial charge < -0.3 is 24.1 Å². The van der Waals surface area contributed by atoms with E-state index in [1.165, 1.54) is 12.1 Å². The van der Waals surface area contributed by atoms with Crippen LogP contribution in [0.3, 0.4) is 0 Å². The molecule has 5 atom stereocenters. The maximum Gasteiger partial charge on any atom is 0.207 e. The van der Waals surface area contributed by atoms with Crippen LogP contribution in [0.2, 0.25) is 0 Å². The number of ether oxygens (including phenoxy) is 4. The zero-order valence-corrected chi connectivity index (χ0v) is 23.4. The van der Waals surface area contributed by atoms with Crippen LogP contribution in [0, 0.1) is 0 Å². The van der Waals surface area contributed by atoms with Crippen molar-refractivity contribution in [3.05, 3.63) is 138 Å². The normalized spacial score (nSPS) is 22.8. The minimum atomic E-state index is -4.06. The van der Waals surface area contributed by atoms with Gasteiger partial charge in [0, 0.05) is 0 Å². The molecule has 4 aromatic carbocycles. The summed E-state index contributed by atoms with van der Waals surface area (Å²) in [6.45, 7) is 0.0865. The molecule has 0 saturated carbocycles. The first-order chi connectivity index (χ1) is 20.1. The molecule has 0 radical (unpaired) electrons. The average Bonchev–Trinajstić information content (AvgIpc) is 3.03. The quantitative estimate of drug-likeness (QED) is 0.257. The Morgan fingerprint density at radius 3 is 1.39 bits per heavy atom. The lowest BCUT2D eigenvalue weighted by molar-refractivity contribution is -0.253. The highest BCUT2D eigenvalue weighted by Crippen LogP contribution is 2.35. The monoisotopic (exact) mass is 574 g/mol. The van der Waals surface area contributed by atoms with Crippen molar-refractivity contribution in [3.8, 4) is 0 Å². The van der Waals surface area contributed by atoms with Crippen LogP contribution in [0.4, 0.5) is 0 Å². The Bertz CT molecular complexity index is 1430. The molecule has 5 rings (SSSR count). The van der Waals surface area contributed by atoms with Gasteiger partial charge in [-0.2, -0.15) is 0 Å². The second-order valence-corrected chi connectivity index (χ2v) is 11.9. The average molecular weight is 575 g/mol. The van der Waals surface area contributed by atoms with Crippen molar-refractivity contribution in [2.75, 3.05) is 6.61 Å². The lowest BCUT2D eigenvalue weighted by Gasteiger charge is -2.45. The molecule has 1 aliphatic heterocycles. The predicted octanol–water partition coefficient (Wildman–Crippen LogP) is 4.93. The van der Waals surface area contributed by atoms with Crippen LogP contribution in [0.15, 0.2) is 126 Å². The standard InChI is InChI=1S/C33H34O7S/c34-21-29-30(37-22-25-13-5-1-6-14-25)31(38-23-26-15-7-2-8-16-26)32(39-24-27-17-9-3-10-18-27)33(40-29)41(35,36)28-19-11-4-12-20-28/h1-20,29-34H,21-24H2/t29-,30-,31+,32+,33-/m1/s1. The summed E-state index contributed by atoms with van der Waals surface area (Å²) in [5.41, 5.74) is 1.26. The van der Waals surface area contributed by atoms with Gasteiger partial charge in [0.25, 0.3) is 0 Å². The van der Waals surface area contributed by atoms with E-state index in [0.29, 0.717) is 0 Å². The Morgan fingerprint density at radius 1 is 0.561 bits per heavy atom. The molecule has 0 bridgehead atoms. The molecule has 0 aromatic heterocycles. The van der Waals surface area contributed by atoms with Gasteiger partial charge >= 0.3 is 0 Å². The van der Waals surface area contributed by atoms with E-state index in [1.807, 2.05) is 91.0 Å². The van der Waals surface area contributed by atoms with E-state index in [1.54, 1.807) is 18.2 Å². The molecular formula is C33H34O7S. The van der Waals surface area contributed by atoms with Gasteiger partial charge in [0.1, 0.15) is 24.4 Å². The van der Waals surface area contributed by atoms with E-state index in [-0.39, 0.29) is 24.7 Å². The highest BCUT2D eigenvalue weighted by molar-refractivity contribution is 7.92. The third-order valence-corrected chi connectivity index (χ3v) is 8.92. The Kier molecular flexibility index (Phi) is 9.95. The molecule has 1 aliphatic rings. The highest BCUT2D eigenvalue weighted by Gasteiger charge is 2.53. The molecule has 1 fully saturated rings. The summed E-state index contributed by atoms with van der Waals surface area (Å²) >= 11 is 0. The number of sulfone groups is 1. The third-order valence-electron chi connectivity index (χ3n) is 7.00. The fraction of sp³-hybridized carbons (Fsp3) is 0.273. The van der Waals surface area contributed by atoms with Crippen molar-refractivity contribution in [2.24, 2.45) is 0 Å². The van der Waals surface area contributed by atoms with Crippen LogP contribution in [0.25, 0.3) is 0 Å². The molecule has 214 valence electrons. The Hall–Kier alpha value is -3.37. The van der Waals surface area contributed by atoms with E-state index < -0.39 is 46.3 Å². The number of aliphatic hydroxyl groups excluding tert-OH is 1. The van der Waals surface area contributed by atoms with E-state index in [2.05, 4.69) is 0 Å². The summed E-state index contributed by atoms with van der Waals surface area (Å²) in [5.74, 6) is 0. The first-order valence-corrected chi connectivity index (χ1v) is 15.1. The summed E-state index contributed by atoms with van der Waals surface area (Å²) in [7, 11) is -4.06. The molecule has 0 aliphatic carbocycles. The summed E-state index contributed by atoms with van der Waals surface area (Å²) in [6, 6.07) is 36.8. The van der Waals surface area contributed by atoms with Gasteiger partial charge in [-0.05, 0) is 28.8 Å². The number of rotatable bonds is 12. The van der Waals surface area contributed by atoms with Crippen molar-refractivity contribution in [2.45, 2.75) is 54.6 Å². The molecule has 7 nitrogen and oxygen atoms in total. The van der Waals surface area contributed by atoms with Crippen LogP contribution in [0.5, 0.6) is 0 Å². The van der Waals surface area contributed by atoms with Crippen LogP contribution in [0.1, 0.15) is 16.7 Å². The lowest BCUT2D eigenvalue weighted by atomic mass is 9.99. The van der Waals surface area contributed by atoms with E-state index in [4.69, 9.17) is 18.9 Å². The molecule has 41 heavy (non-hydrogen) atoms. The van der Waals surface area contributed by atoms with Crippen LogP contribution in [-0.2, 0) is 48.6 Å². The Balaban J connectivity index is 1.51. The Morgan fingerprint density at radius 2 is 0.951 bits per heavy atom. The van der Waals surface area contributed by atoms with Crippen molar-refractivity contribution in [3.63, 3.8) is 0 Å². The topological polar surface area (TPSA) is 91.3 Å². The maximum atomic E-state index is 14.0. The fourth-order valence-corrected chi connectivity index (χ4v) is 6.57. The number of hydrogen-bond acceptors (Lipinski definition) is 7. The molecular weight excluding hydrogens is 540 g/mol. The molecule has 1 N–H and O–H groups in total. The minimum Gasteiger partial charge on any atom is -0.394 e. The van der Waals surface area contributed by atoms with Gasteiger partial charge in [-0.15, -0.1) is 0 Å². The van der Waals surface area contributed by atoms with Gasteiger partial charge in [0.2, 0.25) is 9.84 Å². The van der Waals surface area contributed by atoms with Crippen LogP contribution < -0.4 is 0 Å². The van der Waals surface area contributed by atoms with E-state index >= 15 is 0 Å². The summed E-state index contributed by atoms with van der Waals surface area (Å²) in [6.07, 6.45) is -3.73. The smallest absolute Gasteiger partial charge is 0.207 e. The van der Waals surface area contributed by atoms with Gasteiger partial charge in [-0.1, -0.05) is 109 Å². The minimum absolute atomic E-state index is 0.0977. The second kappa shape index (κ2) is 14.0.